The Hall–Kier alpha value is -3.84. The average molecular weight is 480 g/mol. The number of benzene rings is 3. The summed E-state index contributed by atoms with van der Waals surface area (Å²) in [7, 11) is 0. The lowest BCUT2D eigenvalue weighted by molar-refractivity contribution is -0.115. The van der Waals surface area contributed by atoms with Crippen LogP contribution in [0.4, 0.5) is 5.69 Å². The summed E-state index contributed by atoms with van der Waals surface area (Å²) in [6.45, 7) is 1.92. The zero-order chi connectivity index (χ0) is 23.8. The number of anilines is 1. The second-order valence-electron chi connectivity index (χ2n) is 8.82. The van der Waals surface area contributed by atoms with Crippen LogP contribution in [0.15, 0.2) is 90.2 Å². The minimum Gasteiger partial charge on any atom is -0.360 e. The van der Waals surface area contributed by atoms with Crippen LogP contribution in [0.1, 0.15) is 25.8 Å². The molecule has 0 aliphatic heterocycles. The highest BCUT2D eigenvalue weighted by molar-refractivity contribution is 8.00. The molecule has 0 radical (unpaired) electrons. The molecule has 2 aromatic heterocycles. The smallest absolute Gasteiger partial charge is 0.237 e. The van der Waals surface area contributed by atoms with Crippen LogP contribution < -0.4 is 5.32 Å². The maximum absolute atomic E-state index is 13.2. The van der Waals surface area contributed by atoms with E-state index in [1.807, 2.05) is 79.9 Å². The van der Waals surface area contributed by atoms with E-state index >= 15 is 0 Å². The fourth-order valence-corrected chi connectivity index (χ4v) is 5.29. The topological polar surface area (TPSA) is 75.6 Å². The van der Waals surface area contributed by atoms with Crippen molar-refractivity contribution >= 4 is 34.3 Å². The Balaban J connectivity index is 1.25. The fourth-order valence-electron chi connectivity index (χ4n) is 4.37. The molecule has 5 aromatic rings. The highest BCUT2D eigenvalue weighted by atomic mass is 32.2. The summed E-state index contributed by atoms with van der Waals surface area (Å²) in [4.78, 5) is 16.5. The molecule has 0 spiro atoms. The Morgan fingerprint density at radius 3 is 2.54 bits per heavy atom. The van der Waals surface area contributed by atoms with Crippen molar-refractivity contribution in [2.24, 2.45) is 0 Å². The van der Waals surface area contributed by atoms with Crippen molar-refractivity contribution in [3.05, 3.63) is 85.1 Å². The Morgan fingerprint density at radius 2 is 1.71 bits per heavy atom. The lowest BCUT2D eigenvalue weighted by Gasteiger charge is -2.15. The number of nitrogens with zero attached hydrogens (tertiary/aromatic N) is 3. The van der Waals surface area contributed by atoms with Crippen molar-refractivity contribution < 1.29 is 4.79 Å². The number of nitrogens with one attached hydrogen (secondary N) is 2. The predicted octanol–water partition coefficient (Wildman–Crippen LogP) is 6.55. The average Bonchev–Trinajstić information content (AvgIpc) is 3.51. The molecule has 7 heteroatoms. The molecule has 6 rings (SSSR count). The first-order chi connectivity index (χ1) is 17.2. The van der Waals surface area contributed by atoms with Gasteiger partial charge in [-0.1, -0.05) is 78.5 Å². The van der Waals surface area contributed by atoms with E-state index in [1.54, 1.807) is 0 Å². The number of aromatic nitrogens is 4. The first kappa shape index (κ1) is 21.7. The Bertz CT molecular complexity index is 1500. The maximum atomic E-state index is 13.2. The molecular formula is C28H25N5OS. The number of fused-ring (bicyclic) bond motifs is 1. The number of H-pyrrole nitrogens is 1. The summed E-state index contributed by atoms with van der Waals surface area (Å²) in [5.41, 5.74) is 4.99. The largest absolute Gasteiger partial charge is 0.360 e. The van der Waals surface area contributed by atoms with E-state index in [2.05, 4.69) is 37.2 Å². The van der Waals surface area contributed by atoms with Crippen molar-refractivity contribution in [1.82, 2.24) is 19.7 Å². The molecular weight excluding hydrogens is 454 g/mol. The number of rotatable bonds is 7. The first-order valence-corrected chi connectivity index (χ1v) is 12.7. The molecule has 1 aliphatic carbocycles. The molecule has 2 heterocycles. The third kappa shape index (κ3) is 4.23. The van der Waals surface area contributed by atoms with Gasteiger partial charge in [0.2, 0.25) is 5.91 Å². The summed E-state index contributed by atoms with van der Waals surface area (Å²) in [6, 6.07) is 26.6. The number of thioether (sulfide) groups is 1. The summed E-state index contributed by atoms with van der Waals surface area (Å²) >= 11 is 1.46. The van der Waals surface area contributed by atoms with Crippen LogP contribution in [0, 0.1) is 0 Å². The number of carbonyl (C=O) groups is 1. The highest BCUT2D eigenvalue weighted by Gasteiger charge is 2.32. The Kier molecular flexibility index (Phi) is 5.62. The third-order valence-corrected chi connectivity index (χ3v) is 7.38. The lowest BCUT2D eigenvalue weighted by atomic mass is 10.0. The van der Waals surface area contributed by atoms with Gasteiger partial charge in [-0.3, -0.25) is 9.36 Å². The van der Waals surface area contributed by atoms with Gasteiger partial charge in [-0.15, -0.1) is 10.2 Å². The van der Waals surface area contributed by atoms with Crippen LogP contribution in [-0.4, -0.2) is 30.9 Å². The van der Waals surface area contributed by atoms with Gasteiger partial charge < -0.3 is 10.3 Å². The second kappa shape index (κ2) is 9.07. The number of amides is 1. The van der Waals surface area contributed by atoms with Gasteiger partial charge in [0.25, 0.3) is 0 Å². The van der Waals surface area contributed by atoms with E-state index in [9.17, 15) is 4.79 Å². The minimum atomic E-state index is -0.337. The van der Waals surface area contributed by atoms with Crippen LogP contribution in [0.3, 0.4) is 0 Å². The molecule has 1 fully saturated rings. The van der Waals surface area contributed by atoms with Gasteiger partial charge in [-0.2, -0.15) is 0 Å². The van der Waals surface area contributed by atoms with Crippen molar-refractivity contribution in [3.63, 3.8) is 0 Å². The predicted molar refractivity (Wildman–Crippen MR) is 141 cm³/mol. The van der Waals surface area contributed by atoms with E-state index in [0.29, 0.717) is 6.04 Å². The van der Waals surface area contributed by atoms with Gasteiger partial charge >= 0.3 is 0 Å². The molecule has 174 valence electrons. The van der Waals surface area contributed by atoms with Crippen LogP contribution in [0.2, 0.25) is 0 Å². The van der Waals surface area contributed by atoms with E-state index in [-0.39, 0.29) is 11.2 Å². The second-order valence-corrected chi connectivity index (χ2v) is 10.1. The van der Waals surface area contributed by atoms with Crippen molar-refractivity contribution in [1.29, 1.82) is 0 Å². The van der Waals surface area contributed by atoms with Gasteiger partial charge in [0, 0.05) is 40.0 Å². The highest BCUT2D eigenvalue weighted by Crippen LogP contribution is 2.43. The number of hydrogen-bond acceptors (Lipinski definition) is 4. The number of carbonyl (C=O) groups excluding carboxylic acids is 1. The van der Waals surface area contributed by atoms with Gasteiger partial charge in [0.05, 0.1) is 5.25 Å². The number of aromatic amines is 1. The molecule has 0 bridgehead atoms. The molecule has 0 saturated heterocycles. The van der Waals surface area contributed by atoms with Crippen molar-refractivity contribution in [2.75, 3.05) is 5.32 Å². The molecule has 35 heavy (non-hydrogen) atoms. The summed E-state index contributed by atoms with van der Waals surface area (Å²) in [5, 5.41) is 13.8. The summed E-state index contributed by atoms with van der Waals surface area (Å²) < 4.78 is 2.21. The standard InChI is InChI=1S/C28H25N5OS/c1-18(27(34)30-25-14-8-5-11-21(25)19-9-3-2-4-10-19)35-28-32-31-26(33(28)20-15-16-20)23-17-29-24-13-7-6-12-22(23)24/h2-14,17-18,20,29H,15-16H2,1H3,(H,30,34). The number of para-hydroxylation sites is 2. The Labute approximate surface area is 207 Å². The van der Waals surface area contributed by atoms with Gasteiger partial charge in [0.1, 0.15) is 0 Å². The SMILES string of the molecule is CC(Sc1nnc(-c2c[nH]c3ccccc23)n1C1CC1)C(=O)Nc1ccccc1-c1ccccc1. The first-order valence-electron chi connectivity index (χ1n) is 11.8. The van der Waals surface area contributed by atoms with Gasteiger partial charge in [-0.05, 0) is 37.5 Å². The molecule has 1 amide bonds. The van der Waals surface area contributed by atoms with Gasteiger partial charge in [-0.25, -0.2) is 0 Å². The van der Waals surface area contributed by atoms with E-state index < -0.39 is 0 Å². The number of hydrogen-bond donors (Lipinski definition) is 2. The maximum Gasteiger partial charge on any atom is 0.237 e. The minimum absolute atomic E-state index is 0.0580. The Morgan fingerprint density at radius 1 is 0.971 bits per heavy atom. The van der Waals surface area contributed by atoms with Crippen LogP contribution in [0.5, 0.6) is 0 Å². The quantitative estimate of drug-likeness (QED) is 0.260. The van der Waals surface area contributed by atoms with E-state index in [4.69, 9.17) is 0 Å². The van der Waals surface area contributed by atoms with Crippen LogP contribution >= 0.6 is 11.8 Å². The zero-order valence-corrected chi connectivity index (χ0v) is 20.1. The molecule has 2 N–H and O–H groups in total. The molecule has 1 saturated carbocycles. The summed E-state index contributed by atoms with van der Waals surface area (Å²) in [5.74, 6) is 0.798. The van der Waals surface area contributed by atoms with Crippen LogP contribution in [0.25, 0.3) is 33.4 Å². The lowest BCUT2D eigenvalue weighted by Crippen LogP contribution is -2.23. The van der Waals surface area contributed by atoms with Crippen LogP contribution in [-0.2, 0) is 4.79 Å². The summed E-state index contributed by atoms with van der Waals surface area (Å²) in [6.07, 6.45) is 4.20. The third-order valence-electron chi connectivity index (χ3n) is 6.33. The van der Waals surface area contributed by atoms with E-state index in [0.717, 1.165) is 57.1 Å². The van der Waals surface area contributed by atoms with Crippen molar-refractivity contribution in [2.45, 2.75) is 36.2 Å². The molecule has 1 unspecified atom stereocenters. The normalized spacial score (nSPS) is 14.2. The monoisotopic (exact) mass is 479 g/mol. The fraction of sp³-hybridized carbons (Fsp3) is 0.179. The molecule has 3 aromatic carbocycles. The van der Waals surface area contributed by atoms with E-state index in [1.165, 1.54) is 11.8 Å². The molecule has 1 atom stereocenters. The van der Waals surface area contributed by atoms with Gasteiger partial charge in [0.15, 0.2) is 11.0 Å². The molecule has 6 nitrogen and oxygen atoms in total. The zero-order valence-electron chi connectivity index (χ0n) is 19.3. The van der Waals surface area contributed by atoms with Crippen molar-refractivity contribution in [3.8, 4) is 22.5 Å². The molecule has 1 aliphatic rings.